The van der Waals surface area contributed by atoms with Crippen LogP contribution >= 0.6 is 0 Å². The Labute approximate surface area is 130 Å². The Hall–Kier alpha value is -2.17. The predicted molar refractivity (Wildman–Crippen MR) is 86.3 cm³/mol. The fourth-order valence-corrected chi connectivity index (χ4v) is 3.05. The summed E-state index contributed by atoms with van der Waals surface area (Å²) in [6.07, 6.45) is 8.02. The molecule has 0 aliphatic carbocycles. The van der Waals surface area contributed by atoms with E-state index in [-0.39, 0.29) is 21.9 Å². The number of rotatable bonds is 6. The van der Waals surface area contributed by atoms with Crippen molar-refractivity contribution in [2.75, 3.05) is 6.54 Å². The van der Waals surface area contributed by atoms with E-state index in [1.165, 1.54) is 6.07 Å². The van der Waals surface area contributed by atoms with Crippen molar-refractivity contribution >= 4 is 17.7 Å². The van der Waals surface area contributed by atoms with E-state index in [2.05, 4.69) is 12.2 Å². The lowest BCUT2D eigenvalue weighted by Gasteiger charge is -2.35. The van der Waals surface area contributed by atoms with Gasteiger partial charge in [0.25, 0.3) is 5.69 Å². The zero-order valence-corrected chi connectivity index (χ0v) is 12.9. The van der Waals surface area contributed by atoms with Crippen molar-refractivity contribution in [1.29, 1.82) is 0 Å². The van der Waals surface area contributed by atoms with Crippen molar-refractivity contribution in [3.05, 3.63) is 46.0 Å². The number of nitro benzene ring substituents is 1. The zero-order chi connectivity index (χ0) is 16.0. The molecule has 1 amide bonds. The maximum Gasteiger partial charge on any atom is 0.276 e. The fraction of sp³-hybridized carbons (Fsp3) is 0.471. The van der Waals surface area contributed by atoms with Crippen molar-refractivity contribution in [3.8, 4) is 0 Å². The van der Waals surface area contributed by atoms with Crippen molar-refractivity contribution in [3.63, 3.8) is 0 Å². The van der Waals surface area contributed by atoms with Gasteiger partial charge in [-0.25, -0.2) is 0 Å². The van der Waals surface area contributed by atoms with Crippen LogP contribution < -0.4 is 5.32 Å². The Morgan fingerprint density at radius 2 is 2.18 bits per heavy atom. The van der Waals surface area contributed by atoms with Gasteiger partial charge in [-0.1, -0.05) is 31.2 Å². The van der Waals surface area contributed by atoms with Crippen molar-refractivity contribution < 1.29 is 9.72 Å². The number of benzene rings is 1. The molecule has 5 nitrogen and oxygen atoms in total. The largest absolute Gasteiger partial charge is 0.356 e. The minimum absolute atomic E-state index is 0.111. The molecule has 1 aromatic carbocycles. The molecule has 1 saturated heterocycles. The minimum atomic E-state index is -0.373. The molecule has 0 aromatic heterocycles. The van der Waals surface area contributed by atoms with Gasteiger partial charge in [0.15, 0.2) is 0 Å². The number of hydrogen-bond donors (Lipinski definition) is 1. The number of nitrogens with one attached hydrogen (secondary N) is 1. The van der Waals surface area contributed by atoms with E-state index in [0.29, 0.717) is 5.56 Å². The average molecular weight is 302 g/mol. The second-order valence-corrected chi connectivity index (χ2v) is 5.75. The number of para-hydroxylation sites is 1. The average Bonchev–Trinajstić information content (AvgIpc) is 2.53. The van der Waals surface area contributed by atoms with Crippen LogP contribution in [-0.2, 0) is 4.79 Å². The van der Waals surface area contributed by atoms with Crippen molar-refractivity contribution in [2.45, 2.75) is 39.0 Å². The molecule has 2 rings (SSSR count). The number of hydrogen-bond acceptors (Lipinski definition) is 3. The van der Waals surface area contributed by atoms with Crippen LogP contribution in [0.5, 0.6) is 0 Å². The van der Waals surface area contributed by atoms with Gasteiger partial charge in [-0.05, 0) is 38.2 Å². The summed E-state index contributed by atoms with van der Waals surface area (Å²) in [6.45, 7) is 2.82. The quantitative estimate of drug-likeness (QED) is 0.643. The van der Waals surface area contributed by atoms with Gasteiger partial charge in [0, 0.05) is 18.0 Å². The predicted octanol–water partition coefficient (Wildman–Crippen LogP) is 3.69. The molecule has 22 heavy (non-hydrogen) atoms. The van der Waals surface area contributed by atoms with Gasteiger partial charge in [-0.2, -0.15) is 0 Å². The molecule has 0 radical (unpaired) electrons. The second kappa shape index (κ2) is 7.20. The second-order valence-electron chi connectivity index (χ2n) is 5.75. The van der Waals surface area contributed by atoms with Crippen LogP contribution in [0.1, 0.15) is 44.6 Å². The smallest absolute Gasteiger partial charge is 0.276 e. The van der Waals surface area contributed by atoms with Gasteiger partial charge < -0.3 is 5.32 Å². The number of amides is 1. The topological polar surface area (TPSA) is 72.2 Å². The molecule has 1 unspecified atom stereocenters. The molecule has 0 bridgehead atoms. The summed E-state index contributed by atoms with van der Waals surface area (Å²) in [5.41, 5.74) is 0.441. The molecule has 1 aliphatic heterocycles. The molecule has 118 valence electrons. The fourth-order valence-electron chi connectivity index (χ4n) is 3.05. The summed E-state index contributed by atoms with van der Waals surface area (Å²) >= 11 is 0. The lowest BCUT2D eigenvalue weighted by molar-refractivity contribution is -0.385. The third-order valence-electron chi connectivity index (χ3n) is 4.50. The molecule has 1 heterocycles. The van der Waals surface area contributed by atoms with E-state index in [4.69, 9.17) is 0 Å². The summed E-state index contributed by atoms with van der Waals surface area (Å²) in [6, 6.07) is 6.68. The SMILES string of the molecule is CCC1(CC/C=C\c2ccccc2[N+](=O)[O-])CCCNC1=O. The molecule has 0 spiro atoms. The first kappa shape index (κ1) is 16.2. The van der Waals surface area contributed by atoms with Crippen LogP contribution in [0, 0.1) is 15.5 Å². The lowest BCUT2D eigenvalue weighted by atomic mass is 9.74. The van der Waals surface area contributed by atoms with E-state index in [9.17, 15) is 14.9 Å². The zero-order valence-electron chi connectivity index (χ0n) is 12.9. The molecule has 1 aromatic rings. The molecule has 0 saturated carbocycles. The molecule has 1 N–H and O–H groups in total. The summed E-state index contributed by atoms with van der Waals surface area (Å²) in [4.78, 5) is 22.7. The highest BCUT2D eigenvalue weighted by molar-refractivity contribution is 5.83. The third kappa shape index (κ3) is 3.53. The van der Waals surface area contributed by atoms with Crippen LogP contribution in [-0.4, -0.2) is 17.4 Å². The molecule has 1 aliphatic rings. The maximum atomic E-state index is 12.1. The summed E-state index contributed by atoms with van der Waals surface area (Å²) < 4.78 is 0. The highest BCUT2D eigenvalue weighted by Gasteiger charge is 2.37. The van der Waals surface area contributed by atoms with E-state index < -0.39 is 0 Å². The van der Waals surface area contributed by atoms with Crippen LogP contribution in [0.2, 0.25) is 0 Å². The van der Waals surface area contributed by atoms with E-state index >= 15 is 0 Å². The first-order chi connectivity index (χ1) is 10.6. The van der Waals surface area contributed by atoms with Gasteiger partial charge >= 0.3 is 0 Å². The van der Waals surface area contributed by atoms with E-state index in [0.717, 1.165) is 38.6 Å². The van der Waals surface area contributed by atoms with E-state index in [1.807, 2.05) is 6.08 Å². The Morgan fingerprint density at radius 1 is 1.41 bits per heavy atom. The highest BCUT2D eigenvalue weighted by atomic mass is 16.6. The van der Waals surface area contributed by atoms with Crippen LogP contribution in [0.15, 0.2) is 30.3 Å². The Balaban J connectivity index is 2.01. The lowest BCUT2D eigenvalue weighted by Crippen LogP contribution is -2.45. The summed E-state index contributed by atoms with van der Waals surface area (Å²) in [7, 11) is 0. The van der Waals surface area contributed by atoms with Crippen molar-refractivity contribution in [2.24, 2.45) is 5.41 Å². The van der Waals surface area contributed by atoms with Gasteiger partial charge in [-0.3, -0.25) is 14.9 Å². The van der Waals surface area contributed by atoms with E-state index in [1.54, 1.807) is 24.3 Å². The number of allylic oxidation sites excluding steroid dienone is 1. The molecular formula is C17H22N2O3. The number of nitrogens with zero attached hydrogens (tertiary/aromatic N) is 1. The maximum absolute atomic E-state index is 12.1. The van der Waals surface area contributed by atoms with Crippen LogP contribution in [0.25, 0.3) is 6.08 Å². The Bertz CT molecular complexity index is 583. The van der Waals surface area contributed by atoms with Gasteiger partial charge in [0.1, 0.15) is 0 Å². The Kier molecular flexibility index (Phi) is 5.31. The highest BCUT2D eigenvalue weighted by Crippen LogP contribution is 2.36. The van der Waals surface area contributed by atoms with Crippen LogP contribution in [0.3, 0.4) is 0 Å². The van der Waals surface area contributed by atoms with Gasteiger partial charge in [-0.15, -0.1) is 0 Å². The number of carbonyl (C=O) groups is 1. The minimum Gasteiger partial charge on any atom is -0.356 e. The van der Waals surface area contributed by atoms with Gasteiger partial charge in [0.05, 0.1) is 10.5 Å². The number of nitro groups is 1. The number of piperidine rings is 1. The number of carbonyl (C=O) groups excluding carboxylic acids is 1. The van der Waals surface area contributed by atoms with Gasteiger partial charge in [0.2, 0.25) is 5.91 Å². The standard InChI is InChI=1S/C17H22N2O3/c1-2-17(12-7-13-18-16(17)20)11-6-5-9-14-8-3-4-10-15(14)19(21)22/h3-5,8-10H,2,6-7,11-13H2,1H3,(H,18,20)/b9-5-. The normalized spacial score (nSPS) is 21.8. The summed E-state index contributed by atoms with van der Waals surface area (Å²) in [5.74, 6) is 0.153. The first-order valence-corrected chi connectivity index (χ1v) is 7.77. The van der Waals surface area contributed by atoms with Crippen molar-refractivity contribution in [1.82, 2.24) is 5.32 Å². The molecule has 5 heteroatoms. The monoisotopic (exact) mass is 302 g/mol. The summed E-state index contributed by atoms with van der Waals surface area (Å²) in [5, 5.41) is 13.9. The third-order valence-corrected chi connectivity index (χ3v) is 4.50. The Morgan fingerprint density at radius 3 is 2.86 bits per heavy atom. The molecule has 1 fully saturated rings. The molecule has 1 atom stereocenters. The van der Waals surface area contributed by atoms with Crippen LogP contribution in [0.4, 0.5) is 5.69 Å². The molecular weight excluding hydrogens is 280 g/mol. The first-order valence-electron chi connectivity index (χ1n) is 7.77.